The van der Waals surface area contributed by atoms with Gasteiger partial charge in [-0.25, -0.2) is 4.98 Å². The van der Waals surface area contributed by atoms with Gasteiger partial charge in [-0.2, -0.15) is 0 Å². The summed E-state index contributed by atoms with van der Waals surface area (Å²) in [4.78, 5) is 34.5. The molecule has 7 nitrogen and oxygen atoms in total. The molecule has 0 radical (unpaired) electrons. The molecule has 184 valence electrons. The van der Waals surface area contributed by atoms with Gasteiger partial charge in [0.15, 0.2) is 11.5 Å². The average Bonchev–Trinajstić information content (AvgIpc) is 3.36. The second kappa shape index (κ2) is 9.85. The minimum absolute atomic E-state index is 0.139. The summed E-state index contributed by atoms with van der Waals surface area (Å²) in [6.45, 7) is 6.71. The fourth-order valence-corrected chi connectivity index (χ4v) is 4.77. The maximum atomic E-state index is 13.9. The fourth-order valence-electron chi connectivity index (χ4n) is 4.77. The third-order valence-electron chi connectivity index (χ3n) is 6.47. The van der Waals surface area contributed by atoms with Crippen LogP contribution < -0.4 is 15.0 Å². The van der Waals surface area contributed by atoms with Gasteiger partial charge in [0.05, 0.1) is 22.6 Å². The van der Waals surface area contributed by atoms with Crippen molar-refractivity contribution in [2.45, 2.75) is 39.7 Å². The van der Waals surface area contributed by atoms with Crippen LogP contribution in [0.3, 0.4) is 0 Å². The highest BCUT2D eigenvalue weighted by atomic mass is 16.7. The van der Waals surface area contributed by atoms with Gasteiger partial charge in [-0.05, 0) is 67.8 Å². The summed E-state index contributed by atoms with van der Waals surface area (Å²) in [5.74, 6) is 1.60. The molecule has 36 heavy (non-hydrogen) atoms. The average molecular weight is 484 g/mol. The third kappa shape index (κ3) is 4.21. The van der Waals surface area contributed by atoms with E-state index in [2.05, 4.69) is 0 Å². The number of aryl methyl sites for hydroxylation is 1. The van der Waals surface area contributed by atoms with Crippen molar-refractivity contribution in [1.82, 2.24) is 14.5 Å². The molecule has 1 amide bonds. The van der Waals surface area contributed by atoms with E-state index < -0.39 is 6.04 Å². The lowest BCUT2D eigenvalue weighted by Crippen LogP contribution is -2.39. The van der Waals surface area contributed by atoms with E-state index in [4.69, 9.17) is 14.5 Å². The monoisotopic (exact) mass is 483 g/mol. The van der Waals surface area contributed by atoms with Crippen LogP contribution in [0.5, 0.6) is 11.5 Å². The molecule has 4 aromatic rings. The predicted octanol–water partition coefficient (Wildman–Crippen LogP) is 5.43. The first-order chi connectivity index (χ1) is 17.5. The Morgan fingerprint density at radius 2 is 1.83 bits per heavy atom. The third-order valence-corrected chi connectivity index (χ3v) is 6.47. The summed E-state index contributed by atoms with van der Waals surface area (Å²) in [5, 5.41) is 0.543. The van der Waals surface area contributed by atoms with Gasteiger partial charge in [0.2, 0.25) is 6.79 Å². The topological polar surface area (TPSA) is 73.7 Å². The van der Waals surface area contributed by atoms with Gasteiger partial charge in [-0.1, -0.05) is 38.1 Å². The molecule has 5 rings (SSSR count). The van der Waals surface area contributed by atoms with Crippen LogP contribution >= 0.6 is 0 Å². The number of carbonyl (C=O) groups is 1. The zero-order chi connectivity index (χ0) is 25.2. The van der Waals surface area contributed by atoms with Gasteiger partial charge in [-0.3, -0.25) is 14.2 Å². The lowest BCUT2D eigenvalue weighted by atomic mass is 10.1. The molecule has 0 N–H and O–H groups in total. The van der Waals surface area contributed by atoms with Gasteiger partial charge in [0, 0.05) is 12.1 Å². The molecule has 0 saturated carbocycles. The van der Waals surface area contributed by atoms with E-state index >= 15 is 0 Å². The van der Waals surface area contributed by atoms with Crippen molar-refractivity contribution in [3.63, 3.8) is 0 Å². The van der Waals surface area contributed by atoms with Crippen molar-refractivity contribution in [3.8, 4) is 17.2 Å². The molecule has 1 aliphatic heterocycles. The zero-order valence-corrected chi connectivity index (χ0v) is 20.7. The molecule has 0 saturated heterocycles. The summed E-state index contributed by atoms with van der Waals surface area (Å²) in [6, 6.07) is 20.0. The fraction of sp³-hybridized carbons (Fsp3) is 0.276. The Morgan fingerprint density at radius 1 is 1.03 bits per heavy atom. The highest BCUT2D eigenvalue weighted by Gasteiger charge is 2.30. The minimum atomic E-state index is -0.416. The molecule has 1 unspecified atom stereocenters. The van der Waals surface area contributed by atoms with E-state index in [-0.39, 0.29) is 18.3 Å². The molecule has 0 fully saturated rings. The first-order valence-corrected chi connectivity index (χ1v) is 12.3. The number of hydrogen-bond acceptors (Lipinski definition) is 5. The summed E-state index contributed by atoms with van der Waals surface area (Å²) < 4.78 is 12.6. The second-order valence-corrected chi connectivity index (χ2v) is 8.96. The number of nitrogens with zero attached hydrogens (tertiary/aromatic N) is 3. The SMILES string of the molecule is CCCN(C(=O)c1ccc2c(c1)OCO2)C(CC)c1nc2ccccc2c(=O)n1-c1cccc(C)c1. The van der Waals surface area contributed by atoms with Crippen LogP contribution in [0.15, 0.2) is 71.5 Å². The Kier molecular flexibility index (Phi) is 6.46. The lowest BCUT2D eigenvalue weighted by Gasteiger charge is -2.32. The molecular weight excluding hydrogens is 454 g/mol. The van der Waals surface area contributed by atoms with E-state index in [0.717, 1.165) is 17.7 Å². The van der Waals surface area contributed by atoms with Crippen molar-refractivity contribution in [2.24, 2.45) is 0 Å². The van der Waals surface area contributed by atoms with Gasteiger partial charge in [0.25, 0.3) is 11.5 Å². The summed E-state index contributed by atoms with van der Waals surface area (Å²) >= 11 is 0. The number of hydrogen-bond donors (Lipinski definition) is 0. The van der Waals surface area contributed by atoms with Crippen molar-refractivity contribution < 1.29 is 14.3 Å². The number of rotatable bonds is 7. The van der Waals surface area contributed by atoms with Crippen LogP contribution in [0.2, 0.25) is 0 Å². The standard InChI is InChI=1S/C29H29N3O4/c1-4-15-31(28(33)20-13-14-25-26(17-20)36-18-35-25)24(5-2)27-30-23-12-7-6-11-22(23)29(34)32(27)21-10-8-9-19(3)16-21/h6-14,16-17,24H,4-5,15,18H2,1-3H3. The lowest BCUT2D eigenvalue weighted by molar-refractivity contribution is 0.0659. The minimum Gasteiger partial charge on any atom is -0.454 e. The molecule has 0 bridgehead atoms. The summed E-state index contributed by atoms with van der Waals surface area (Å²) in [5.41, 5.74) is 2.75. The number of ether oxygens (including phenoxy) is 2. The Hall–Kier alpha value is -4.13. The highest BCUT2D eigenvalue weighted by Crippen LogP contribution is 2.34. The molecule has 1 aromatic heterocycles. The first kappa shape index (κ1) is 23.6. The van der Waals surface area contributed by atoms with Gasteiger partial charge in [-0.15, -0.1) is 0 Å². The molecule has 1 atom stereocenters. The van der Waals surface area contributed by atoms with E-state index in [1.54, 1.807) is 28.8 Å². The number of fused-ring (bicyclic) bond motifs is 2. The molecule has 0 aliphatic carbocycles. The number of aromatic nitrogens is 2. The Labute approximate surface area is 209 Å². The van der Waals surface area contributed by atoms with Crippen LogP contribution in [0.4, 0.5) is 0 Å². The van der Waals surface area contributed by atoms with E-state index in [9.17, 15) is 9.59 Å². The van der Waals surface area contributed by atoms with E-state index in [1.165, 1.54) is 0 Å². The van der Waals surface area contributed by atoms with Crippen molar-refractivity contribution in [3.05, 3.63) is 94.0 Å². The zero-order valence-electron chi connectivity index (χ0n) is 20.7. The maximum absolute atomic E-state index is 13.9. The van der Waals surface area contributed by atoms with Crippen LogP contribution in [-0.4, -0.2) is 33.7 Å². The maximum Gasteiger partial charge on any atom is 0.266 e. The summed E-state index contributed by atoms with van der Waals surface area (Å²) in [7, 11) is 0. The van der Waals surface area contributed by atoms with E-state index in [1.807, 2.05) is 68.1 Å². The van der Waals surface area contributed by atoms with Crippen LogP contribution in [-0.2, 0) is 0 Å². The summed E-state index contributed by atoms with van der Waals surface area (Å²) in [6.07, 6.45) is 1.35. The Morgan fingerprint density at radius 3 is 2.61 bits per heavy atom. The van der Waals surface area contributed by atoms with Gasteiger partial charge >= 0.3 is 0 Å². The van der Waals surface area contributed by atoms with Gasteiger partial charge < -0.3 is 14.4 Å². The quantitative estimate of drug-likeness (QED) is 0.351. The Bertz CT molecular complexity index is 1490. The number of benzene rings is 3. The van der Waals surface area contributed by atoms with Crippen LogP contribution in [0, 0.1) is 6.92 Å². The molecular formula is C29H29N3O4. The molecule has 0 spiro atoms. The largest absolute Gasteiger partial charge is 0.454 e. The van der Waals surface area contributed by atoms with Gasteiger partial charge in [0.1, 0.15) is 5.82 Å². The van der Waals surface area contributed by atoms with Crippen LogP contribution in [0.25, 0.3) is 16.6 Å². The van der Waals surface area contributed by atoms with Crippen molar-refractivity contribution in [2.75, 3.05) is 13.3 Å². The smallest absolute Gasteiger partial charge is 0.266 e. The van der Waals surface area contributed by atoms with Crippen molar-refractivity contribution in [1.29, 1.82) is 0 Å². The highest BCUT2D eigenvalue weighted by molar-refractivity contribution is 5.95. The first-order valence-electron chi connectivity index (χ1n) is 12.3. The molecule has 2 heterocycles. The normalized spacial score (nSPS) is 13.1. The predicted molar refractivity (Wildman–Crippen MR) is 139 cm³/mol. The van der Waals surface area contributed by atoms with Crippen LogP contribution in [0.1, 0.15) is 54.5 Å². The number of amides is 1. The molecule has 3 aromatic carbocycles. The Balaban J connectivity index is 1.68. The number of para-hydroxylation sites is 1. The molecule has 1 aliphatic rings. The molecule has 7 heteroatoms. The number of carbonyl (C=O) groups excluding carboxylic acids is 1. The second-order valence-electron chi connectivity index (χ2n) is 8.96. The van der Waals surface area contributed by atoms with E-state index in [0.29, 0.717) is 46.8 Å². The van der Waals surface area contributed by atoms with Crippen molar-refractivity contribution >= 4 is 16.8 Å².